The van der Waals surface area contributed by atoms with Crippen molar-refractivity contribution in [2.45, 2.75) is 6.36 Å². The Morgan fingerprint density at radius 3 is 2.60 bits per heavy atom. The van der Waals surface area contributed by atoms with E-state index in [1.807, 2.05) is 0 Å². The molecular weight excluding hydrogens is 295 g/mol. The second-order valence-electron chi connectivity index (χ2n) is 3.77. The van der Waals surface area contributed by atoms with Gasteiger partial charge in [-0.3, -0.25) is 4.79 Å². The van der Waals surface area contributed by atoms with Crippen LogP contribution in [-0.4, -0.2) is 17.6 Å². The van der Waals surface area contributed by atoms with Crippen LogP contribution < -0.4 is 4.74 Å². The fourth-order valence-corrected chi connectivity index (χ4v) is 1.76. The molecule has 0 amide bonds. The Labute approximate surface area is 117 Å². The van der Waals surface area contributed by atoms with E-state index in [0.29, 0.717) is 11.8 Å². The summed E-state index contributed by atoms with van der Waals surface area (Å²) in [5.74, 6) is -0.374. The van der Waals surface area contributed by atoms with Crippen LogP contribution in [0.1, 0.15) is 10.4 Å². The van der Waals surface area contributed by atoms with Crippen molar-refractivity contribution in [1.82, 2.24) is 4.98 Å². The molecule has 104 valence electrons. The molecule has 1 aromatic carbocycles. The Morgan fingerprint density at radius 1 is 1.25 bits per heavy atom. The number of aldehydes is 1. The number of benzene rings is 1. The zero-order valence-electron chi connectivity index (χ0n) is 9.82. The smallest absolute Gasteiger partial charge is 0.405 e. The molecule has 1 aromatic heterocycles. The van der Waals surface area contributed by atoms with Crippen molar-refractivity contribution in [3.05, 3.63) is 47.2 Å². The van der Waals surface area contributed by atoms with Crippen molar-refractivity contribution in [2.75, 3.05) is 0 Å². The molecule has 2 aromatic rings. The number of ether oxygens (including phenoxy) is 1. The summed E-state index contributed by atoms with van der Waals surface area (Å²) >= 11 is 5.68. The number of halogens is 4. The summed E-state index contributed by atoms with van der Waals surface area (Å²) in [5, 5.41) is -0.0158. The highest BCUT2D eigenvalue weighted by Gasteiger charge is 2.32. The predicted molar refractivity (Wildman–Crippen MR) is 66.8 cm³/mol. The summed E-state index contributed by atoms with van der Waals surface area (Å²) in [4.78, 5) is 14.6. The van der Waals surface area contributed by atoms with Gasteiger partial charge in [-0.1, -0.05) is 29.8 Å². The Hall–Kier alpha value is -2.08. The van der Waals surface area contributed by atoms with E-state index < -0.39 is 6.36 Å². The van der Waals surface area contributed by atoms with Crippen molar-refractivity contribution in [3.63, 3.8) is 0 Å². The fraction of sp³-hybridized carbons (Fsp3) is 0.0769. The molecule has 0 unspecified atom stereocenters. The minimum Gasteiger partial charge on any atom is -0.405 e. The molecule has 0 spiro atoms. The molecule has 0 saturated carbocycles. The van der Waals surface area contributed by atoms with Crippen molar-refractivity contribution in [2.24, 2.45) is 0 Å². The lowest BCUT2D eigenvalue weighted by Gasteiger charge is -2.13. The van der Waals surface area contributed by atoms with Crippen LogP contribution in [-0.2, 0) is 0 Å². The number of pyridine rings is 1. The zero-order chi connectivity index (χ0) is 14.8. The van der Waals surface area contributed by atoms with Crippen molar-refractivity contribution < 1.29 is 22.7 Å². The molecule has 2 rings (SSSR count). The first-order chi connectivity index (χ1) is 9.40. The van der Waals surface area contributed by atoms with Gasteiger partial charge in [-0.2, -0.15) is 0 Å². The minimum absolute atomic E-state index is 0.0158. The molecular formula is C13H7ClF3NO2. The molecule has 1 heterocycles. The van der Waals surface area contributed by atoms with Crippen LogP contribution in [0.5, 0.6) is 5.75 Å². The molecule has 0 aliphatic rings. The quantitative estimate of drug-likeness (QED) is 0.632. The number of hydrogen-bond acceptors (Lipinski definition) is 3. The number of rotatable bonds is 3. The SMILES string of the molecule is O=Cc1cc(-c2ccccc2OC(F)(F)F)cnc1Cl. The van der Waals surface area contributed by atoms with E-state index in [-0.39, 0.29) is 22.0 Å². The summed E-state index contributed by atoms with van der Waals surface area (Å²) in [5.41, 5.74) is 0.555. The van der Waals surface area contributed by atoms with Gasteiger partial charge in [0, 0.05) is 17.3 Å². The third-order valence-corrected chi connectivity index (χ3v) is 2.73. The lowest BCUT2D eigenvalue weighted by molar-refractivity contribution is -0.274. The monoisotopic (exact) mass is 301 g/mol. The van der Waals surface area contributed by atoms with Crippen LogP contribution in [0.15, 0.2) is 36.5 Å². The first-order valence-electron chi connectivity index (χ1n) is 5.36. The van der Waals surface area contributed by atoms with Crippen LogP contribution >= 0.6 is 11.6 Å². The van der Waals surface area contributed by atoms with E-state index >= 15 is 0 Å². The van der Waals surface area contributed by atoms with Crippen LogP contribution in [0.4, 0.5) is 13.2 Å². The highest BCUT2D eigenvalue weighted by atomic mass is 35.5. The van der Waals surface area contributed by atoms with Gasteiger partial charge in [0.05, 0.1) is 5.56 Å². The summed E-state index contributed by atoms with van der Waals surface area (Å²) in [7, 11) is 0. The standard InChI is InChI=1S/C13H7ClF3NO2/c14-12-9(7-19)5-8(6-18-12)10-3-1-2-4-11(10)20-13(15,16)17/h1-7H. The number of para-hydroxylation sites is 1. The van der Waals surface area contributed by atoms with E-state index in [0.717, 1.165) is 0 Å². The molecule has 0 fully saturated rings. The van der Waals surface area contributed by atoms with Crippen LogP contribution in [0.2, 0.25) is 5.15 Å². The number of alkyl halides is 3. The van der Waals surface area contributed by atoms with E-state index in [4.69, 9.17) is 11.6 Å². The topological polar surface area (TPSA) is 39.2 Å². The van der Waals surface area contributed by atoms with E-state index in [9.17, 15) is 18.0 Å². The molecule has 0 atom stereocenters. The molecule has 0 aliphatic heterocycles. The van der Waals surface area contributed by atoms with Gasteiger partial charge in [0.1, 0.15) is 10.9 Å². The van der Waals surface area contributed by atoms with Gasteiger partial charge in [-0.25, -0.2) is 4.98 Å². The van der Waals surface area contributed by atoms with E-state index in [1.165, 1.54) is 30.5 Å². The van der Waals surface area contributed by atoms with Crippen molar-refractivity contribution in [1.29, 1.82) is 0 Å². The van der Waals surface area contributed by atoms with Crippen LogP contribution in [0.25, 0.3) is 11.1 Å². The van der Waals surface area contributed by atoms with Gasteiger partial charge in [0.25, 0.3) is 0 Å². The first kappa shape index (κ1) is 14.3. The maximum Gasteiger partial charge on any atom is 0.573 e. The Bertz CT molecular complexity index is 644. The first-order valence-corrected chi connectivity index (χ1v) is 5.74. The van der Waals surface area contributed by atoms with Gasteiger partial charge < -0.3 is 4.74 Å². The van der Waals surface area contributed by atoms with Gasteiger partial charge in [-0.15, -0.1) is 13.2 Å². The largest absolute Gasteiger partial charge is 0.573 e. The highest BCUT2D eigenvalue weighted by Crippen LogP contribution is 2.34. The number of hydrogen-bond donors (Lipinski definition) is 0. The Kier molecular flexibility index (Phi) is 3.94. The third-order valence-electron chi connectivity index (χ3n) is 2.42. The highest BCUT2D eigenvalue weighted by molar-refractivity contribution is 6.31. The van der Waals surface area contributed by atoms with Gasteiger partial charge in [-0.05, 0) is 12.1 Å². The van der Waals surface area contributed by atoms with E-state index in [1.54, 1.807) is 6.07 Å². The molecule has 0 bridgehead atoms. The Morgan fingerprint density at radius 2 is 1.95 bits per heavy atom. The maximum absolute atomic E-state index is 12.3. The van der Waals surface area contributed by atoms with Gasteiger partial charge in [0.15, 0.2) is 6.29 Å². The normalized spacial score (nSPS) is 11.2. The number of carbonyl (C=O) groups excluding carboxylic acids is 1. The summed E-state index contributed by atoms with van der Waals surface area (Å²) in [6.45, 7) is 0. The molecule has 0 aliphatic carbocycles. The van der Waals surface area contributed by atoms with Crippen molar-refractivity contribution >= 4 is 17.9 Å². The van der Waals surface area contributed by atoms with Gasteiger partial charge >= 0.3 is 6.36 Å². The third kappa shape index (κ3) is 3.27. The van der Waals surface area contributed by atoms with E-state index in [2.05, 4.69) is 9.72 Å². The minimum atomic E-state index is -4.80. The number of nitrogens with zero attached hydrogens (tertiary/aromatic N) is 1. The van der Waals surface area contributed by atoms with Crippen molar-refractivity contribution in [3.8, 4) is 16.9 Å². The van der Waals surface area contributed by atoms with Crippen LogP contribution in [0.3, 0.4) is 0 Å². The lowest BCUT2D eigenvalue weighted by atomic mass is 10.1. The molecule has 3 nitrogen and oxygen atoms in total. The average molecular weight is 302 g/mol. The summed E-state index contributed by atoms with van der Waals surface area (Å²) < 4.78 is 40.9. The zero-order valence-corrected chi connectivity index (χ0v) is 10.6. The molecule has 0 N–H and O–H groups in total. The molecule has 0 saturated heterocycles. The number of carbonyl (C=O) groups is 1. The second kappa shape index (κ2) is 5.50. The van der Waals surface area contributed by atoms with Crippen LogP contribution in [0, 0.1) is 0 Å². The molecule has 7 heteroatoms. The second-order valence-corrected chi connectivity index (χ2v) is 4.12. The Balaban J connectivity index is 2.50. The summed E-state index contributed by atoms with van der Waals surface area (Å²) in [6.07, 6.45) is -3.05. The predicted octanol–water partition coefficient (Wildman–Crippen LogP) is 4.11. The molecule has 20 heavy (non-hydrogen) atoms. The number of aromatic nitrogens is 1. The van der Waals surface area contributed by atoms with Gasteiger partial charge in [0.2, 0.25) is 0 Å². The average Bonchev–Trinajstić information content (AvgIpc) is 2.38. The molecule has 0 radical (unpaired) electrons. The lowest BCUT2D eigenvalue weighted by Crippen LogP contribution is -2.17. The fourth-order valence-electron chi connectivity index (χ4n) is 1.61. The summed E-state index contributed by atoms with van der Waals surface area (Å²) in [6, 6.07) is 6.92. The maximum atomic E-state index is 12.3.